The fourth-order valence-corrected chi connectivity index (χ4v) is 2.19. The van der Waals surface area contributed by atoms with Gasteiger partial charge in [-0.15, -0.1) is 12.4 Å². The van der Waals surface area contributed by atoms with Gasteiger partial charge in [0.25, 0.3) is 0 Å². The zero-order chi connectivity index (χ0) is 13.2. The summed E-state index contributed by atoms with van der Waals surface area (Å²) >= 11 is 12.1. The molecule has 104 valence electrons. The van der Waals surface area contributed by atoms with Crippen molar-refractivity contribution in [3.05, 3.63) is 33.8 Å². The molecule has 1 rings (SSSR count). The summed E-state index contributed by atoms with van der Waals surface area (Å²) in [4.78, 5) is 0. The maximum absolute atomic E-state index is 10.2. The van der Waals surface area contributed by atoms with Crippen LogP contribution in [0.15, 0.2) is 18.2 Å². The molecule has 0 saturated carbocycles. The highest BCUT2D eigenvalue weighted by molar-refractivity contribution is 6.36. The predicted octanol–water partition coefficient (Wildman–Crippen LogP) is 4.21. The lowest BCUT2D eigenvalue weighted by atomic mass is 9.83. The van der Waals surface area contributed by atoms with Crippen LogP contribution >= 0.6 is 35.6 Å². The van der Waals surface area contributed by atoms with Crippen molar-refractivity contribution in [2.24, 2.45) is 11.1 Å². The van der Waals surface area contributed by atoms with Crippen LogP contribution in [0.5, 0.6) is 0 Å². The van der Waals surface area contributed by atoms with Crippen molar-refractivity contribution in [1.29, 1.82) is 0 Å². The Morgan fingerprint density at radius 3 is 2.06 bits per heavy atom. The summed E-state index contributed by atoms with van der Waals surface area (Å²) in [6.45, 7) is 6.12. The highest BCUT2D eigenvalue weighted by Crippen LogP contribution is 2.34. The summed E-state index contributed by atoms with van der Waals surface area (Å²) in [7, 11) is 0. The molecule has 1 aromatic carbocycles. The molecule has 0 amide bonds. The Bertz CT molecular complexity index is 370. The summed E-state index contributed by atoms with van der Waals surface area (Å²) in [5.41, 5.74) is 6.55. The number of rotatable bonds is 3. The van der Waals surface area contributed by atoms with Gasteiger partial charge in [-0.1, -0.05) is 50.0 Å². The van der Waals surface area contributed by atoms with E-state index in [0.717, 1.165) is 0 Å². The zero-order valence-corrected chi connectivity index (χ0v) is 13.1. The van der Waals surface area contributed by atoms with Gasteiger partial charge in [-0.2, -0.15) is 0 Å². The maximum atomic E-state index is 10.2. The molecule has 0 aromatic heterocycles. The smallest absolute Gasteiger partial charge is 0.0834 e. The summed E-state index contributed by atoms with van der Waals surface area (Å²) < 4.78 is 0. The standard InChI is InChI=1S/C13H19Cl2NO.ClH/c1-13(2,3)11(16)7-10(17)12-8(14)5-4-6-9(12)15;/h4-6,10-11,17H,7,16H2,1-3H3;1H/t10-,11-;/m0./s1. The highest BCUT2D eigenvalue weighted by Gasteiger charge is 2.25. The second-order valence-corrected chi connectivity index (χ2v) is 6.17. The summed E-state index contributed by atoms with van der Waals surface area (Å²) in [5, 5.41) is 11.1. The number of hydrogen-bond donors (Lipinski definition) is 2. The van der Waals surface area contributed by atoms with Crippen molar-refractivity contribution in [3.8, 4) is 0 Å². The van der Waals surface area contributed by atoms with Crippen molar-refractivity contribution in [3.63, 3.8) is 0 Å². The van der Waals surface area contributed by atoms with Gasteiger partial charge in [-0.25, -0.2) is 0 Å². The molecule has 5 heteroatoms. The van der Waals surface area contributed by atoms with Crippen molar-refractivity contribution >= 4 is 35.6 Å². The molecule has 0 aliphatic carbocycles. The van der Waals surface area contributed by atoms with E-state index in [1.54, 1.807) is 18.2 Å². The van der Waals surface area contributed by atoms with Gasteiger partial charge in [0, 0.05) is 21.7 Å². The minimum absolute atomic E-state index is 0. The molecule has 0 saturated heterocycles. The number of halogens is 3. The first-order valence-electron chi connectivity index (χ1n) is 5.61. The van der Waals surface area contributed by atoms with Gasteiger partial charge >= 0.3 is 0 Å². The molecule has 2 atom stereocenters. The SMILES string of the molecule is CC(C)(C)[C@@H](N)C[C@H](O)c1c(Cl)cccc1Cl.Cl. The van der Waals surface area contributed by atoms with Crippen LogP contribution in [0, 0.1) is 5.41 Å². The third-order valence-electron chi connectivity index (χ3n) is 2.92. The van der Waals surface area contributed by atoms with Crippen LogP contribution in [0.3, 0.4) is 0 Å². The molecule has 0 aliphatic rings. The van der Waals surface area contributed by atoms with Crippen LogP contribution in [0.2, 0.25) is 10.0 Å². The van der Waals surface area contributed by atoms with E-state index in [9.17, 15) is 5.11 Å². The van der Waals surface area contributed by atoms with Crippen molar-refractivity contribution in [1.82, 2.24) is 0 Å². The number of aliphatic hydroxyl groups excluding tert-OH is 1. The van der Waals surface area contributed by atoms with E-state index in [-0.39, 0.29) is 23.9 Å². The Hall–Kier alpha value is 0.01000. The molecule has 0 heterocycles. The quantitative estimate of drug-likeness (QED) is 0.878. The van der Waals surface area contributed by atoms with E-state index in [1.165, 1.54) is 0 Å². The maximum Gasteiger partial charge on any atom is 0.0834 e. The van der Waals surface area contributed by atoms with E-state index < -0.39 is 6.10 Å². The van der Waals surface area contributed by atoms with Gasteiger partial charge in [0.2, 0.25) is 0 Å². The van der Waals surface area contributed by atoms with Crippen LogP contribution in [0.1, 0.15) is 38.9 Å². The minimum Gasteiger partial charge on any atom is -0.388 e. The molecule has 0 bridgehead atoms. The lowest BCUT2D eigenvalue weighted by Crippen LogP contribution is -2.36. The average Bonchev–Trinajstić information content (AvgIpc) is 2.15. The lowest BCUT2D eigenvalue weighted by molar-refractivity contribution is 0.133. The number of benzene rings is 1. The minimum atomic E-state index is -0.731. The molecule has 0 spiro atoms. The number of hydrogen-bond acceptors (Lipinski definition) is 2. The van der Waals surface area contributed by atoms with Crippen LogP contribution in [0.25, 0.3) is 0 Å². The second-order valence-electron chi connectivity index (χ2n) is 5.36. The highest BCUT2D eigenvalue weighted by atomic mass is 35.5. The van der Waals surface area contributed by atoms with E-state index in [1.807, 2.05) is 20.8 Å². The Kier molecular flexibility index (Phi) is 6.97. The normalized spacial score (nSPS) is 14.8. The van der Waals surface area contributed by atoms with Gasteiger partial charge in [0.05, 0.1) is 6.10 Å². The van der Waals surface area contributed by atoms with E-state index in [4.69, 9.17) is 28.9 Å². The number of aliphatic hydroxyl groups is 1. The van der Waals surface area contributed by atoms with Gasteiger partial charge in [-0.3, -0.25) is 0 Å². The van der Waals surface area contributed by atoms with Gasteiger partial charge < -0.3 is 10.8 Å². The van der Waals surface area contributed by atoms with E-state index in [2.05, 4.69) is 0 Å². The van der Waals surface area contributed by atoms with Crippen LogP contribution in [-0.2, 0) is 0 Å². The van der Waals surface area contributed by atoms with Gasteiger partial charge in [0.15, 0.2) is 0 Å². The molecule has 0 unspecified atom stereocenters. The molecule has 1 aromatic rings. The molecule has 0 radical (unpaired) electrons. The molecule has 3 N–H and O–H groups in total. The molecule has 0 aliphatic heterocycles. The Morgan fingerprint density at radius 1 is 1.22 bits per heavy atom. The van der Waals surface area contributed by atoms with Gasteiger partial charge in [-0.05, 0) is 24.0 Å². The average molecular weight is 313 g/mol. The first-order valence-corrected chi connectivity index (χ1v) is 6.36. The first-order chi connectivity index (χ1) is 7.73. The van der Waals surface area contributed by atoms with Crippen molar-refractivity contribution < 1.29 is 5.11 Å². The number of nitrogens with two attached hydrogens (primary N) is 1. The molecule has 18 heavy (non-hydrogen) atoms. The third kappa shape index (κ3) is 4.60. The molecule has 0 fully saturated rings. The van der Waals surface area contributed by atoms with Crippen molar-refractivity contribution in [2.75, 3.05) is 0 Å². The van der Waals surface area contributed by atoms with E-state index in [0.29, 0.717) is 22.0 Å². The Labute approximate surface area is 125 Å². The first kappa shape index (κ1) is 18.0. The molecular weight excluding hydrogens is 293 g/mol. The lowest BCUT2D eigenvalue weighted by Gasteiger charge is -2.29. The fourth-order valence-electron chi connectivity index (χ4n) is 1.54. The van der Waals surface area contributed by atoms with Crippen LogP contribution in [0.4, 0.5) is 0 Å². The molecular formula is C13H20Cl3NO. The topological polar surface area (TPSA) is 46.2 Å². The van der Waals surface area contributed by atoms with E-state index >= 15 is 0 Å². The van der Waals surface area contributed by atoms with Crippen molar-refractivity contribution in [2.45, 2.75) is 39.3 Å². The zero-order valence-electron chi connectivity index (χ0n) is 10.8. The van der Waals surface area contributed by atoms with Gasteiger partial charge in [0.1, 0.15) is 0 Å². The second kappa shape index (κ2) is 6.97. The summed E-state index contributed by atoms with van der Waals surface area (Å²) in [6, 6.07) is 5.07. The predicted molar refractivity (Wildman–Crippen MR) is 80.7 cm³/mol. The summed E-state index contributed by atoms with van der Waals surface area (Å²) in [6.07, 6.45) is -0.294. The third-order valence-corrected chi connectivity index (χ3v) is 3.58. The van der Waals surface area contributed by atoms with Crippen LogP contribution < -0.4 is 5.73 Å². The fraction of sp³-hybridized carbons (Fsp3) is 0.538. The largest absolute Gasteiger partial charge is 0.388 e. The monoisotopic (exact) mass is 311 g/mol. The Morgan fingerprint density at radius 2 is 1.67 bits per heavy atom. The molecule has 2 nitrogen and oxygen atoms in total. The Balaban J connectivity index is 0.00000289. The van der Waals surface area contributed by atoms with Crippen LogP contribution in [-0.4, -0.2) is 11.1 Å². The summed E-state index contributed by atoms with van der Waals surface area (Å²) in [5.74, 6) is 0.